The second-order valence-corrected chi connectivity index (χ2v) is 5.98. The number of hydrogen-bond donors (Lipinski definition) is 3. The summed E-state index contributed by atoms with van der Waals surface area (Å²) < 4.78 is 4.90. The van der Waals surface area contributed by atoms with Crippen molar-refractivity contribution in [1.29, 1.82) is 0 Å². The molecule has 1 aliphatic carbocycles. The van der Waals surface area contributed by atoms with Gasteiger partial charge in [-0.05, 0) is 48.6 Å². The van der Waals surface area contributed by atoms with Crippen LogP contribution in [-0.4, -0.2) is 23.8 Å². The average molecular weight is 326 g/mol. The molecule has 0 spiro atoms. The molecule has 3 rings (SSSR count). The van der Waals surface area contributed by atoms with Gasteiger partial charge in [-0.1, -0.05) is 36.4 Å². The van der Waals surface area contributed by atoms with Crippen LogP contribution in [0.15, 0.2) is 48.5 Å². The first kappa shape index (κ1) is 16.3. The minimum atomic E-state index is -0.477. The molecular weight excluding hydrogens is 304 g/mol. The van der Waals surface area contributed by atoms with Crippen molar-refractivity contribution in [3.8, 4) is 5.75 Å². The Morgan fingerprint density at radius 2 is 2.04 bits per heavy atom. The minimum Gasteiger partial charge on any atom is -0.508 e. The maximum absolute atomic E-state index is 11.6. The molecule has 0 heterocycles. The molecule has 0 saturated heterocycles. The quantitative estimate of drug-likeness (QED) is 0.739. The van der Waals surface area contributed by atoms with Gasteiger partial charge < -0.3 is 9.84 Å². The predicted molar refractivity (Wildman–Crippen MR) is 91.8 cm³/mol. The lowest BCUT2D eigenvalue weighted by Gasteiger charge is -2.22. The van der Waals surface area contributed by atoms with E-state index < -0.39 is 6.09 Å². The highest BCUT2D eigenvalue weighted by Gasteiger charge is 2.33. The molecule has 2 unspecified atom stereocenters. The molecule has 0 aliphatic heterocycles. The zero-order valence-electron chi connectivity index (χ0n) is 13.7. The highest BCUT2D eigenvalue weighted by molar-refractivity contribution is 5.66. The highest BCUT2D eigenvalue weighted by atomic mass is 16.5. The molecule has 0 fully saturated rings. The molecule has 1 aliphatic rings. The summed E-state index contributed by atoms with van der Waals surface area (Å²) in [7, 11) is 0. The number of benzene rings is 2. The lowest BCUT2D eigenvalue weighted by atomic mass is 9.91. The molecule has 0 aromatic heterocycles. The van der Waals surface area contributed by atoms with E-state index in [1.807, 2.05) is 30.3 Å². The molecule has 2 aromatic carbocycles. The maximum atomic E-state index is 11.6. The van der Waals surface area contributed by atoms with Crippen LogP contribution in [0.5, 0.6) is 5.75 Å². The van der Waals surface area contributed by atoms with Crippen LogP contribution in [-0.2, 0) is 17.6 Å². The largest absolute Gasteiger partial charge is 0.508 e. The maximum Gasteiger partial charge on any atom is 0.421 e. The minimum absolute atomic E-state index is 0.0476. The molecule has 2 aromatic rings. The normalized spacial score (nSPS) is 18.9. The van der Waals surface area contributed by atoms with E-state index in [1.165, 1.54) is 11.1 Å². The van der Waals surface area contributed by atoms with Crippen LogP contribution < -0.4 is 10.9 Å². The van der Waals surface area contributed by atoms with E-state index in [4.69, 9.17) is 4.74 Å². The number of phenolic OH excluding ortho intramolecular Hbond substituents is 1. The van der Waals surface area contributed by atoms with Crippen LogP contribution in [0.3, 0.4) is 0 Å². The smallest absolute Gasteiger partial charge is 0.421 e. The Hall–Kier alpha value is -2.53. The topological polar surface area (TPSA) is 70.6 Å². The first-order valence-corrected chi connectivity index (χ1v) is 8.21. The molecular formula is C19H22N2O3. The number of carbonyl (C=O) groups excluding carboxylic acids is 1. The molecule has 5 heteroatoms. The fraction of sp³-hybridized carbons (Fsp3) is 0.316. The van der Waals surface area contributed by atoms with E-state index in [-0.39, 0.29) is 17.7 Å². The summed E-state index contributed by atoms with van der Waals surface area (Å²) in [6, 6.07) is 15.8. The zero-order chi connectivity index (χ0) is 16.9. The van der Waals surface area contributed by atoms with Crippen molar-refractivity contribution in [2.75, 3.05) is 6.61 Å². The average Bonchev–Trinajstić information content (AvgIpc) is 2.91. The summed E-state index contributed by atoms with van der Waals surface area (Å²) in [5.74, 6) is 0.433. The number of amides is 1. The zero-order valence-corrected chi connectivity index (χ0v) is 13.7. The van der Waals surface area contributed by atoms with Gasteiger partial charge in [0.15, 0.2) is 0 Å². The van der Waals surface area contributed by atoms with Gasteiger partial charge in [0, 0.05) is 12.0 Å². The van der Waals surface area contributed by atoms with Gasteiger partial charge in [-0.25, -0.2) is 10.2 Å². The molecule has 5 nitrogen and oxygen atoms in total. The van der Waals surface area contributed by atoms with Crippen LogP contribution in [0.1, 0.15) is 29.5 Å². The molecule has 3 N–H and O–H groups in total. The van der Waals surface area contributed by atoms with Gasteiger partial charge >= 0.3 is 6.09 Å². The van der Waals surface area contributed by atoms with Crippen LogP contribution in [0, 0.1) is 0 Å². The Morgan fingerprint density at radius 3 is 2.79 bits per heavy atom. The first-order chi connectivity index (χ1) is 11.7. The fourth-order valence-electron chi connectivity index (χ4n) is 3.30. The van der Waals surface area contributed by atoms with Crippen molar-refractivity contribution in [1.82, 2.24) is 10.9 Å². The van der Waals surface area contributed by atoms with E-state index in [9.17, 15) is 9.90 Å². The molecule has 1 amide bonds. The van der Waals surface area contributed by atoms with Gasteiger partial charge in [-0.2, -0.15) is 0 Å². The number of aromatic hydroxyl groups is 1. The second-order valence-electron chi connectivity index (χ2n) is 5.98. The highest BCUT2D eigenvalue weighted by Crippen LogP contribution is 2.37. The Morgan fingerprint density at radius 1 is 1.25 bits per heavy atom. The van der Waals surface area contributed by atoms with Crippen molar-refractivity contribution in [3.05, 3.63) is 65.2 Å². The van der Waals surface area contributed by atoms with Crippen LogP contribution in [0.2, 0.25) is 0 Å². The molecule has 126 valence electrons. The van der Waals surface area contributed by atoms with Gasteiger partial charge in [0.2, 0.25) is 0 Å². The molecule has 2 atom stereocenters. The van der Waals surface area contributed by atoms with E-state index in [0.717, 1.165) is 18.4 Å². The Kier molecular flexibility index (Phi) is 5.01. The Balaban J connectivity index is 1.78. The van der Waals surface area contributed by atoms with E-state index in [0.29, 0.717) is 6.61 Å². The van der Waals surface area contributed by atoms with Crippen molar-refractivity contribution in [2.45, 2.75) is 31.7 Å². The molecule has 0 bridgehead atoms. The number of rotatable bonds is 5. The standard InChI is InChI=1S/C19H22N2O3/c1-2-24-19(23)21-20-18-11-14-8-9-15(22)12-16(14)17(18)10-13-6-4-3-5-7-13/h3-9,12,17-18,20,22H,2,10-11H2,1H3,(H,21,23). The van der Waals surface area contributed by atoms with Gasteiger partial charge in [0.1, 0.15) is 5.75 Å². The van der Waals surface area contributed by atoms with E-state index >= 15 is 0 Å². The lowest BCUT2D eigenvalue weighted by Crippen LogP contribution is -2.46. The number of phenols is 1. The SMILES string of the molecule is CCOC(=O)NNC1Cc2ccc(O)cc2C1Cc1ccccc1. The van der Waals surface area contributed by atoms with Crippen molar-refractivity contribution >= 4 is 6.09 Å². The summed E-state index contributed by atoms with van der Waals surface area (Å²) in [4.78, 5) is 11.6. The summed E-state index contributed by atoms with van der Waals surface area (Å²) in [6.07, 6.45) is 1.15. The molecule has 0 radical (unpaired) electrons. The van der Waals surface area contributed by atoms with Crippen molar-refractivity contribution in [3.63, 3.8) is 0 Å². The monoisotopic (exact) mass is 326 g/mol. The third-order valence-corrected chi connectivity index (χ3v) is 4.39. The lowest BCUT2D eigenvalue weighted by molar-refractivity contribution is 0.144. The van der Waals surface area contributed by atoms with Crippen LogP contribution in [0.25, 0.3) is 0 Å². The van der Waals surface area contributed by atoms with E-state index in [1.54, 1.807) is 13.0 Å². The number of ether oxygens (including phenoxy) is 1. The van der Waals surface area contributed by atoms with Crippen LogP contribution >= 0.6 is 0 Å². The number of fused-ring (bicyclic) bond motifs is 1. The number of hydrogen-bond acceptors (Lipinski definition) is 4. The van der Waals surface area contributed by atoms with Gasteiger partial charge in [0.05, 0.1) is 6.61 Å². The number of hydrazine groups is 1. The summed E-state index contributed by atoms with van der Waals surface area (Å²) in [5.41, 5.74) is 9.26. The molecule has 0 saturated carbocycles. The summed E-state index contributed by atoms with van der Waals surface area (Å²) in [5, 5.41) is 9.84. The number of nitrogens with one attached hydrogen (secondary N) is 2. The molecule has 24 heavy (non-hydrogen) atoms. The van der Waals surface area contributed by atoms with Gasteiger partial charge in [-0.3, -0.25) is 5.43 Å². The second kappa shape index (κ2) is 7.36. The number of carbonyl (C=O) groups is 1. The summed E-state index contributed by atoms with van der Waals surface area (Å²) in [6.45, 7) is 2.10. The Bertz CT molecular complexity index is 703. The fourth-order valence-corrected chi connectivity index (χ4v) is 3.30. The first-order valence-electron chi connectivity index (χ1n) is 8.21. The van der Waals surface area contributed by atoms with Crippen molar-refractivity contribution < 1.29 is 14.6 Å². The Labute approximate surface area is 141 Å². The third-order valence-electron chi connectivity index (χ3n) is 4.39. The van der Waals surface area contributed by atoms with E-state index in [2.05, 4.69) is 23.0 Å². The third kappa shape index (κ3) is 3.68. The van der Waals surface area contributed by atoms with Gasteiger partial charge in [-0.15, -0.1) is 0 Å². The summed E-state index contributed by atoms with van der Waals surface area (Å²) >= 11 is 0. The van der Waals surface area contributed by atoms with Crippen LogP contribution in [0.4, 0.5) is 4.79 Å². The van der Waals surface area contributed by atoms with Gasteiger partial charge in [0.25, 0.3) is 0 Å². The predicted octanol–water partition coefficient (Wildman–Crippen LogP) is 2.89. The van der Waals surface area contributed by atoms with Crippen molar-refractivity contribution in [2.24, 2.45) is 0 Å².